The molecule has 0 atom stereocenters. The quantitative estimate of drug-likeness (QED) is 0.634. The number of ether oxygens (including phenoxy) is 1. The van der Waals surface area contributed by atoms with Crippen LogP contribution in [0.3, 0.4) is 0 Å². The highest BCUT2D eigenvalue weighted by Crippen LogP contribution is 2.07. The minimum Gasteiger partial charge on any atom is -0.452 e. The van der Waals surface area contributed by atoms with E-state index in [-0.39, 0.29) is 12.5 Å². The maximum Gasteiger partial charge on any atom is 0.338 e. The first-order chi connectivity index (χ1) is 10.1. The van der Waals surface area contributed by atoms with E-state index in [1.807, 2.05) is 6.07 Å². The van der Waals surface area contributed by atoms with Crippen molar-refractivity contribution in [2.45, 2.75) is 6.54 Å². The third-order valence-electron chi connectivity index (χ3n) is 2.67. The normalized spacial score (nSPS) is 9.90. The molecule has 0 aliphatic carbocycles. The van der Waals surface area contributed by atoms with Gasteiger partial charge in [0.1, 0.15) is 0 Å². The Labute approximate surface area is 121 Å². The summed E-state index contributed by atoms with van der Waals surface area (Å²) in [5.41, 5.74) is 7.22. The number of nitrogens with one attached hydrogen (secondary N) is 1. The average Bonchev–Trinajstić information content (AvgIpc) is 2.51. The zero-order valence-electron chi connectivity index (χ0n) is 11.3. The maximum absolute atomic E-state index is 11.7. The lowest BCUT2D eigenvalue weighted by Gasteiger charge is -2.07. The number of nitrogen functional groups attached to an aromatic ring is 1. The van der Waals surface area contributed by atoms with E-state index in [0.29, 0.717) is 17.8 Å². The molecular weight excluding hydrogens is 270 g/mol. The molecule has 108 valence electrons. The molecule has 0 unspecified atom stereocenters. The predicted octanol–water partition coefficient (Wildman–Crippen LogP) is 1.14. The summed E-state index contributed by atoms with van der Waals surface area (Å²) < 4.78 is 4.91. The van der Waals surface area contributed by atoms with Crippen LogP contribution in [0.5, 0.6) is 0 Å². The van der Waals surface area contributed by atoms with Crippen LogP contribution in [0.15, 0.2) is 48.8 Å². The molecule has 0 saturated carbocycles. The Kier molecular flexibility index (Phi) is 4.87. The largest absolute Gasteiger partial charge is 0.452 e. The van der Waals surface area contributed by atoms with Crippen LogP contribution in [-0.2, 0) is 16.1 Å². The van der Waals surface area contributed by atoms with Crippen molar-refractivity contribution in [2.24, 2.45) is 0 Å². The number of carbonyl (C=O) groups excluding carboxylic acids is 2. The van der Waals surface area contributed by atoms with Gasteiger partial charge in [0.05, 0.1) is 5.56 Å². The molecule has 1 heterocycles. The third-order valence-corrected chi connectivity index (χ3v) is 2.67. The van der Waals surface area contributed by atoms with Crippen LogP contribution in [0.2, 0.25) is 0 Å². The monoisotopic (exact) mass is 285 g/mol. The van der Waals surface area contributed by atoms with Crippen LogP contribution in [-0.4, -0.2) is 23.5 Å². The lowest BCUT2D eigenvalue weighted by Crippen LogP contribution is -2.28. The minimum absolute atomic E-state index is 0.315. The number of pyridine rings is 1. The number of nitrogens with two attached hydrogens (primary N) is 1. The number of benzene rings is 1. The van der Waals surface area contributed by atoms with E-state index in [2.05, 4.69) is 10.3 Å². The number of rotatable bonds is 5. The van der Waals surface area contributed by atoms with E-state index >= 15 is 0 Å². The first-order valence-electron chi connectivity index (χ1n) is 6.33. The number of hydrogen-bond acceptors (Lipinski definition) is 5. The second kappa shape index (κ2) is 7.04. The minimum atomic E-state index is -0.584. The molecule has 2 rings (SSSR count). The van der Waals surface area contributed by atoms with Gasteiger partial charge in [0, 0.05) is 24.6 Å². The van der Waals surface area contributed by atoms with E-state index in [1.54, 1.807) is 36.7 Å². The highest BCUT2D eigenvalue weighted by Gasteiger charge is 2.10. The van der Waals surface area contributed by atoms with Gasteiger partial charge >= 0.3 is 5.97 Å². The molecular formula is C15H15N3O3. The molecule has 1 amide bonds. The van der Waals surface area contributed by atoms with Crippen LogP contribution < -0.4 is 11.1 Å². The number of nitrogens with zero attached hydrogens (tertiary/aromatic N) is 1. The molecule has 0 fully saturated rings. The Bertz CT molecular complexity index is 629. The van der Waals surface area contributed by atoms with Gasteiger partial charge in [0.15, 0.2) is 6.61 Å². The van der Waals surface area contributed by atoms with Crippen LogP contribution in [0, 0.1) is 0 Å². The zero-order chi connectivity index (χ0) is 15.1. The van der Waals surface area contributed by atoms with Gasteiger partial charge in [-0.05, 0) is 29.8 Å². The summed E-state index contributed by atoms with van der Waals surface area (Å²) in [6.07, 6.45) is 3.30. The van der Waals surface area contributed by atoms with Gasteiger partial charge in [-0.3, -0.25) is 9.78 Å². The molecule has 0 spiro atoms. The Morgan fingerprint density at radius 1 is 1.24 bits per heavy atom. The highest BCUT2D eigenvalue weighted by molar-refractivity contribution is 5.92. The second-order valence-electron chi connectivity index (χ2n) is 4.34. The van der Waals surface area contributed by atoms with Crippen LogP contribution >= 0.6 is 0 Å². The molecule has 0 aliphatic heterocycles. The molecule has 0 radical (unpaired) electrons. The molecule has 6 heteroatoms. The first kappa shape index (κ1) is 14.5. The van der Waals surface area contributed by atoms with Gasteiger partial charge in [-0.2, -0.15) is 0 Å². The highest BCUT2D eigenvalue weighted by atomic mass is 16.5. The summed E-state index contributed by atoms with van der Waals surface area (Å²) in [4.78, 5) is 27.2. The Balaban J connectivity index is 1.77. The first-order valence-corrected chi connectivity index (χ1v) is 6.33. The Hall–Kier alpha value is -2.89. The average molecular weight is 285 g/mol. The molecule has 3 N–H and O–H groups in total. The van der Waals surface area contributed by atoms with Crippen molar-refractivity contribution in [1.29, 1.82) is 0 Å². The summed E-state index contributed by atoms with van der Waals surface area (Å²) in [5, 5.41) is 2.64. The van der Waals surface area contributed by atoms with Crippen molar-refractivity contribution < 1.29 is 14.3 Å². The van der Waals surface area contributed by atoms with Crippen LogP contribution in [0.25, 0.3) is 0 Å². The Morgan fingerprint density at radius 3 is 2.81 bits per heavy atom. The van der Waals surface area contributed by atoms with Crippen molar-refractivity contribution in [2.75, 3.05) is 12.3 Å². The molecule has 21 heavy (non-hydrogen) atoms. The fourth-order valence-corrected chi connectivity index (χ4v) is 1.63. The van der Waals surface area contributed by atoms with Gasteiger partial charge in [-0.1, -0.05) is 12.1 Å². The van der Waals surface area contributed by atoms with E-state index in [9.17, 15) is 9.59 Å². The van der Waals surface area contributed by atoms with Gasteiger partial charge in [-0.25, -0.2) is 4.79 Å². The fraction of sp³-hybridized carbons (Fsp3) is 0.133. The summed E-state index contributed by atoms with van der Waals surface area (Å²) in [6.45, 7) is -0.00357. The van der Waals surface area contributed by atoms with Crippen molar-refractivity contribution >= 4 is 17.6 Å². The molecule has 0 aliphatic rings. The Morgan fingerprint density at radius 2 is 2.10 bits per heavy atom. The zero-order valence-corrected chi connectivity index (χ0v) is 11.3. The molecule has 1 aromatic carbocycles. The molecule has 2 aromatic rings. The van der Waals surface area contributed by atoms with Crippen molar-refractivity contribution in [3.63, 3.8) is 0 Å². The third kappa shape index (κ3) is 4.61. The summed E-state index contributed by atoms with van der Waals surface area (Å²) >= 11 is 0. The second-order valence-corrected chi connectivity index (χ2v) is 4.34. The summed E-state index contributed by atoms with van der Waals surface area (Å²) in [5.74, 6) is -0.963. The lowest BCUT2D eigenvalue weighted by atomic mass is 10.2. The number of hydrogen-bond donors (Lipinski definition) is 2. The van der Waals surface area contributed by atoms with E-state index < -0.39 is 5.97 Å². The van der Waals surface area contributed by atoms with Crippen LogP contribution in [0.1, 0.15) is 15.9 Å². The van der Waals surface area contributed by atoms with E-state index in [1.165, 1.54) is 6.07 Å². The van der Waals surface area contributed by atoms with Crippen molar-refractivity contribution in [1.82, 2.24) is 10.3 Å². The maximum atomic E-state index is 11.7. The smallest absolute Gasteiger partial charge is 0.338 e. The summed E-state index contributed by atoms with van der Waals surface area (Å²) in [7, 11) is 0. The summed E-state index contributed by atoms with van der Waals surface area (Å²) in [6, 6.07) is 10.0. The lowest BCUT2D eigenvalue weighted by molar-refractivity contribution is -0.124. The van der Waals surface area contributed by atoms with E-state index in [0.717, 1.165) is 5.56 Å². The topological polar surface area (TPSA) is 94.3 Å². The van der Waals surface area contributed by atoms with Gasteiger partial charge in [0.25, 0.3) is 5.91 Å². The number of aromatic nitrogens is 1. The SMILES string of the molecule is Nc1cccc(C(=O)OCC(=O)NCc2cccnc2)c1. The van der Waals surface area contributed by atoms with Gasteiger partial charge in [-0.15, -0.1) is 0 Å². The standard InChI is InChI=1S/C15H15N3O3/c16-13-5-1-4-12(7-13)15(20)21-10-14(19)18-9-11-3-2-6-17-8-11/h1-8H,9-10,16H2,(H,18,19). The van der Waals surface area contributed by atoms with Crippen LogP contribution in [0.4, 0.5) is 5.69 Å². The van der Waals surface area contributed by atoms with Gasteiger partial charge < -0.3 is 15.8 Å². The predicted molar refractivity (Wildman–Crippen MR) is 77.2 cm³/mol. The molecule has 0 saturated heterocycles. The molecule has 0 bridgehead atoms. The van der Waals surface area contributed by atoms with Gasteiger partial charge in [0.2, 0.25) is 0 Å². The van der Waals surface area contributed by atoms with Crippen molar-refractivity contribution in [3.8, 4) is 0 Å². The number of esters is 1. The fourth-order valence-electron chi connectivity index (χ4n) is 1.63. The number of amides is 1. The molecule has 1 aromatic heterocycles. The number of carbonyl (C=O) groups is 2. The number of anilines is 1. The molecule has 6 nitrogen and oxygen atoms in total. The van der Waals surface area contributed by atoms with Crippen molar-refractivity contribution in [3.05, 3.63) is 59.9 Å². The van der Waals surface area contributed by atoms with E-state index in [4.69, 9.17) is 10.5 Å².